The first kappa shape index (κ1) is 14.1. The van der Waals surface area contributed by atoms with Gasteiger partial charge in [0.15, 0.2) is 0 Å². The van der Waals surface area contributed by atoms with Gasteiger partial charge in [-0.25, -0.2) is 17.5 Å². The predicted molar refractivity (Wildman–Crippen MR) is 62.4 cm³/mol. The third kappa shape index (κ3) is 3.76. The highest BCUT2D eigenvalue weighted by Crippen LogP contribution is 2.18. The molecule has 2 N–H and O–H groups in total. The van der Waals surface area contributed by atoms with Crippen molar-refractivity contribution in [3.05, 3.63) is 29.6 Å². The van der Waals surface area contributed by atoms with Crippen LogP contribution in [-0.4, -0.2) is 19.1 Å². The van der Waals surface area contributed by atoms with Gasteiger partial charge in [-0.1, -0.05) is 6.07 Å². The molecular weight excluding hydrogens is 245 g/mol. The van der Waals surface area contributed by atoms with Crippen molar-refractivity contribution in [2.45, 2.75) is 37.8 Å². The van der Waals surface area contributed by atoms with Gasteiger partial charge < -0.3 is 5.11 Å². The second kappa shape index (κ2) is 4.72. The number of aliphatic hydroxyl groups is 1. The van der Waals surface area contributed by atoms with E-state index in [1.807, 2.05) is 0 Å². The second-order valence-electron chi connectivity index (χ2n) is 4.78. The lowest BCUT2D eigenvalue weighted by Crippen LogP contribution is -2.40. The van der Waals surface area contributed by atoms with Gasteiger partial charge in [-0.2, -0.15) is 0 Å². The number of halogens is 1. The lowest BCUT2D eigenvalue weighted by molar-refractivity contribution is 0.281. The van der Waals surface area contributed by atoms with Gasteiger partial charge >= 0.3 is 0 Å². The summed E-state index contributed by atoms with van der Waals surface area (Å²) in [6.07, 6.45) is 0. The van der Waals surface area contributed by atoms with Crippen molar-refractivity contribution < 1.29 is 17.9 Å². The van der Waals surface area contributed by atoms with E-state index >= 15 is 0 Å². The van der Waals surface area contributed by atoms with E-state index in [2.05, 4.69) is 4.72 Å². The van der Waals surface area contributed by atoms with Crippen LogP contribution >= 0.6 is 0 Å². The van der Waals surface area contributed by atoms with Crippen LogP contribution in [0.5, 0.6) is 0 Å². The van der Waals surface area contributed by atoms with E-state index in [4.69, 9.17) is 5.11 Å². The van der Waals surface area contributed by atoms with Crippen molar-refractivity contribution in [1.82, 2.24) is 4.72 Å². The van der Waals surface area contributed by atoms with Crippen LogP contribution in [0.2, 0.25) is 0 Å². The Morgan fingerprint density at radius 1 is 1.35 bits per heavy atom. The summed E-state index contributed by atoms with van der Waals surface area (Å²) in [5.74, 6) is -0.867. The standard InChI is InChI=1S/C11H16FNO3S/c1-11(2,3)13-17(15,16)10-5-4-8(7-14)6-9(10)12/h4-6,13-14H,7H2,1-3H3. The Labute approximate surface area is 101 Å². The minimum absolute atomic E-state index is 0.329. The molecule has 0 aliphatic heterocycles. The molecule has 4 nitrogen and oxygen atoms in total. The SMILES string of the molecule is CC(C)(C)NS(=O)(=O)c1ccc(CO)cc1F. The molecule has 0 bridgehead atoms. The van der Waals surface area contributed by atoms with Crippen LogP contribution in [0.1, 0.15) is 26.3 Å². The predicted octanol–water partition coefficient (Wildman–Crippen LogP) is 1.39. The van der Waals surface area contributed by atoms with Crippen LogP contribution < -0.4 is 4.72 Å². The van der Waals surface area contributed by atoms with Crippen LogP contribution in [0.3, 0.4) is 0 Å². The van der Waals surface area contributed by atoms with Gasteiger partial charge in [0.2, 0.25) is 10.0 Å². The summed E-state index contributed by atoms with van der Waals surface area (Å²) in [6, 6.07) is 3.53. The first-order valence-corrected chi connectivity index (χ1v) is 6.57. The lowest BCUT2D eigenvalue weighted by atomic mass is 10.1. The number of aliphatic hydroxyl groups excluding tert-OH is 1. The Hall–Kier alpha value is -0.980. The average molecular weight is 261 g/mol. The summed E-state index contributed by atoms with van der Waals surface area (Å²) in [4.78, 5) is -0.412. The Kier molecular flexibility index (Phi) is 3.91. The highest BCUT2D eigenvalue weighted by molar-refractivity contribution is 7.89. The van der Waals surface area contributed by atoms with Crippen molar-refractivity contribution in [2.75, 3.05) is 0 Å². The molecule has 0 saturated carbocycles. The molecule has 0 radical (unpaired) electrons. The van der Waals surface area contributed by atoms with E-state index in [0.717, 1.165) is 12.1 Å². The van der Waals surface area contributed by atoms with E-state index in [-0.39, 0.29) is 6.61 Å². The normalized spacial score (nSPS) is 12.8. The maximum Gasteiger partial charge on any atom is 0.243 e. The van der Waals surface area contributed by atoms with Crippen LogP contribution in [0.25, 0.3) is 0 Å². The Balaban J connectivity index is 3.16. The molecule has 17 heavy (non-hydrogen) atoms. The van der Waals surface area contributed by atoms with Gasteiger partial charge in [-0.3, -0.25) is 0 Å². The highest BCUT2D eigenvalue weighted by Gasteiger charge is 2.24. The van der Waals surface area contributed by atoms with Gasteiger partial charge in [0.25, 0.3) is 0 Å². The van der Waals surface area contributed by atoms with E-state index in [9.17, 15) is 12.8 Å². The second-order valence-corrected chi connectivity index (χ2v) is 6.43. The number of nitrogens with one attached hydrogen (secondary N) is 1. The fourth-order valence-electron chi connectivity index (χ4n) is 1.32. The molecule has 0 spiro atoms. The molecule has 0 aromatic heterocycles. The van der Waals surface area contributed by atoms with Crippen LogP contribution in [0, 0.1) is 5.82 Å². The van der Waals surface area contributed by atoms with E-state index in [0.29, 0.717) is 5.56 Å². The third-order valence-corrected chi connectivity index (χ3v) is 3.70. The fourth-order valence-corrected chi connectivity index (χ4v) is 2.80. The minimum atomic E-state index is -3.88. The summed E-state index contributed by atoms with van der Waals surface area (Å²) >= 11 is 0. The highest BCUT2D eigenvalue weighted by atomic mass is 32.2. The van der Waals surface area contributed by atoms with Crippen molar-refractivity contribution in [2.24, 2.45) is 0 Å². The van der Waals surface area contributed by atoms with Crippen molar-refractivity contribution >= 4 is 10.0 Å². The number of hydrogen-bond acceptors (Lipinski definition) is 3. The van der Waals surface area contributed by atoms with Gasteiger partial charge in [-0.15, -0.1) is 0 Å². The fraction of sp³-hybridized carbons (Fsp3) is 0.455. The van der Waals surface area contributed by atoms with Gasteiger partial charge in [-0.05, 0) is 38.5 Å². The van der Waals surface area contributed by atoms with Crippen LogP contribution in [0.4, 0.5) is 4.39 Å². The molecule has 0 heterocycles. The molecule has 0 fully saturated rings. The summed E-state index contributed by atoms with van der Waals surface area (Å²) in [5.41, 5.74) is -0.349. The number of rotatable bonds is 3. The van der Waals surface area contributed by atoms with Crippen molar-refractivity contribution in [3.63, 3.8) is 0 Å². The Morgan fingerprint density at radius 2 is 1.94 bits per heavy atom. The molecule has 0 aliphatic carbocycles. The molecule has 0 unspecified atom stereocenters. The largest absolute Gasteiger partial charge is 0.392 e. The van der Waals surface area contributed by atoms with Gasteiger partial charge in [0.05, 0.1) is 6.61 Å². The van der Waals surface area contributed by atoms with E-state index in [1.165, 1.54) is 6.07 Å². The zero-order chi connectivity index (χ0) is 13.3. The minimum Gasteiger partial charge on any atom is -0.392 e. The molecule has 1 aromatic carbocycles. The number of benzene rings is 1. The summed E-state index contributed by atoms with van der Waals surface area (Å²) in [5, 5.41) is 8.81. The molecule has 0 amide bonds. The van der Waals surface area contributed by atoms with Crippen molar-refractivity contribution in [1.29, 1.82) is 0 Å². The van der Waals surface area contributed by atoms with Crippen LogP contribution in [0.15, 0.2) is 23.1 Å². The van der Waals surface area contributed by atoms with Gasteiger partial charge in [0.1, 0.15) is 10.7 Å². The molecule has 96 valence electrons. The Morgan fingerprint density at radius 3 is 2.35 bits per heavy atom. The zero-order valence-corrected chi connectivity index (χ0v) is 10.8. The number of sulfonamides is 1. The molecule has 1 aromatic rings. The summed E-state index contributed by atoms with van der Waals surface area (Å²) in [6.45, 7) is 4.68. The smallest absolute Gasteiger partial charge is 0.243 e. The Bertz CT molecular complexity index is 506. The molecule has 6 heteroatoms. The van der Waals surface area contributed by atoms with Crippen molar-refractivity contribution in [3.8, 4) is 0 Å². The average Bonchev–Trinajstić information content (AvgIpc) is 2.13. The lowest BCUT2D eigenvalue weighted by Gasteiger charge is -2.20. The zero-order valence-electron chi connectivity index (χ0n) is 9.99. The first-order chi connectivity index (χ1) is 7.65. The first-order valence-electron chi connectivity index (χ1n) is 5.09. The molecule has 0 saturated heterocycles. The topological polar surface area (TPSA) is 66.4 Å². The van der Waals surface area contributed by atoms with Gasteiger partial charge in [0, 0.05) is 5.54 Å². The van der Waals surface area contributed by atoms with E-state index in [1.54, 1.807) is 20.8 Å². The molecule has 0 aliphatic rings. The number of hydrogen-bond donors (Lipinski definition) is 2. The van der Waals surface area contributed by atoms with E-state index < -0.39 is 26.3 Å². The molecule has 0 atom stereocenters. The maximum absolute atomic E-state index is 13.6. The van der Waals surface area contributed by atoms with Crippen LogP contribution in [-0.2, 0) is 16.6 Å². The maximum atomic E-state index is 13.6. The molecule has 1 rings (SSSR count). The molecular formula is C11H16FNO3S. The summed E-state index contributed by atoms with van der Waals surface area (Å²) < 4.78 is 39.6. The quantitative estimate of drug-likeness (QED) is 0.864. The summed E-state index contributed by atoms with van der Waals surface area (Å²) in [7, 11) is -3.88. The monoisotopic (exact) mass is 261 g/mol. The third-order valence-electron chi connectivity index (χ3n) is 1.91.